The molecule has 4 N–H and O–H groups in total. The van der Waals surface area contributed by atoms with E-state index in [1.165, 1.54) is 13.8 Å². The van der Waals surface area contributed by atoms with Crippen LogP contribution in [-0.4, -0.2) is 106 Å². The van der Waals surface area contributed by atoms with Gasteiger partial charge >= 0.3 is 11.9 Å². The number of Topliss-reactive ketones (excluding diaryl/α,β-unsaturated/α-hetero) is 1. The number of carbonyl (C=O) groups excluding carboxylic acids is 3. The van der Waals surface area contributed by atoms with Crippen molar-refractivity contribution in [2.24, 2.45) is 5.41 Å². The molecule has 41 heavy (non-hydrogen) atoms. The summed E-state index contributed by atoms with van der Waals surface area (Å²) in [6.07, 6.45) is -7.20. The summed E-state index contributed by atoms with van der Waals surface area (Å²) in [5.41, 5.74) is -3.34. The van der Waals surface area contributed by atoms with Crippen molar-refractivity contribution in [1.82, 2.24) is 0 Å². The third-order valence-electron chi connectivity index (χ3n) is 7.43. The standard InChI is InChI=1S/C29H44O12/c1-7-27(3,4)39-17-28(5,25(35)41-23-21(33)24(34)40-22(23)19(31)14-30)16-37-26(36)29(6,8-2)38-15-20(32)18-12-10-9-11-13-18/h9-13,19,21-24,30-31,33-34H,7-8,14-17H2,1-6H3/t19?,21-,22-,23?,24+,28?,29?/m1/s1. The van der Waals surface area contributed by atoms with Gasteiger partial charge in [0, 0.05) is 5.56 Å². The van der Waals surface area contributed by atoms with Gasteiger partial charge in [0.05, 0.1) is 18.8 Å². The van der Waals surface area contributed by atoms with Gasteiger partial charge in [-0.15, -0.1) is 0 Å². The predicted octanol–water partition coefficient (Wildman–Crippen LogP) is 1.15. The molecule has 0 aliphatic carbocycles. The second-order valence-corrected chi connectivity index (χ2v) is 11.3. The summed E-state index contributed by atoms with van der Waals surface area (Å²) in [6, 6.07) is 8.48. The SMILES string of the molecule is CCC(C)(C)OCC(C)(COC(=O)C(C)(CC)OCC(=O)c1ccccc1)C(=O)OC1[C@@H](C(O)CO)O[C@H](O)[C@@H]1O. The van der Waals surface area contributed by atoms with Crippen molar-refractivity contribution in [1.29, 1.82) is 0 Å². The van der Waals surface area contributed by atoms with Crippen LogP contribution in [0.15, 0.2) is 30.3 Å². The second-order valence-electron chi connectivity index (χ2n) is 11.3. The third kappa shape index (κ3) is 9.02. The van der Waals surface area contributed by atoms with Gasteiger partial charge in [0.2, 0.25) is 0 Å². The van der Waals surface area contributed by atoms with Crippen molar-refractivity contribution in [3.05, 3.63) is 35.9 Å². The minimum Gasteiger partial charge on any atom is -0.462 e. The molecule has 12 nitrogen and oxygen atoms in total. The molecule has 0 spiro atoms. The van der Waals surface area contributed by atoms with E-state index < -0.39 is 72.5 Å². The Kier molecular flexibility index (Phi) is 12.4. The van der Waals surface area contributed by atoms with E-state index in [0.29, 0.717) is 12.0 Å². The van der Waals surface area contributed by atoms with E-state index in [9.17, 15) is 34.8 Å². The predicted molar refractivity (Wildman–Crippen MR) is 145 cm³/mol. The number of benzene rings is 1. The van der Waals surface area contributed by atoms with Gasteiger partial charge in [0.15, 0.2) is 23.8 Å². The van der Waals surface area contributed by atoms with Crippen molar-refractivity contribution in [3.63, 3.8) is 0 Å². The summed E-state index contributed by atoms with van der Waals surface area (Å²) in [6.45, 7) is 8.21. The van der Waals surface area contributed by atoms with Crippen LogP contribution >= 0.6 is 0 Å². The van der Waals surface area contributed by atoms with Crippen molar-refractivity contribution < 1.29 is 58.5 Å². The van der Waals surface area contributed by atoms with Gasteiger partial charge in [-0.2, -0.15) is 0 Å². The van der Waals surface area contributed by atoms with E-state index in [0.717, 1.165) is 0 Å². The maximum absolute atomic E-state index is 13.5. The first-order valence-corrected chi connectivity index (χ1v) is 13.7. The maximum atomic E-state index is 13.5. The van der Waals surface area contributed by atoms with Crippen LogP contribution in [0, 0.1) is 5.41 Å². The Balaban J connectivity index is 2.19. The van der Waals surface area contributed by atoms with Crippen LogP contribution in [0.5, 0.6) is 0 Å². The zero-order valence-corrected chi connectivity index (χ0v) is 24.6. The van der Waals surface area contributed by atoms with E-state index in [-0.39, 0.29) is 25.4 Å². The molecule has 1 aliphatic heterocycles. The second kappa shape index (κ2) is 14.6. The van der Waals surface area contributed by atoms with Crippen LogP contribution in [0.4, 0.5) is 0 Å². The van der Waals surface area contributed by atoms with E-state index in [1.807, 2.05) is 20.8 Å². The summed E-state index contributed by atoms with van der Waals surface area (Å²) in [5.74, 6) is -2.10. The molecule has 0 amide bonds. The number of rotatable bonds is 16. The fourth-order valence-corrected chi connectivity index (χ4v) is 3.72. The van der Waals surface area contributed by atoms with Gasteiger partial charge in [-0.25, -0.2) is 4.79 Å². The molecule has 232 valence electrons. The highest BCUT2D eigenvalue weighted by Crippen LogP contribution is 2.31. The first-order valence-electron chi connectivity index (χ1n) is 13.7. The Labute approximate surface area is 240 Å². The molecule has 2 rings (SSSR count). The highest BCUT2D eigenvalue weighted by molar-refractivity contribution is 5.97. The zero-order chi connectivity index (χ0) is 31.0. The Bertz CT molecular complexity index is 1010. The molecule has 1 aromatic carbocycles. The highest BCUT2D eigenvalue weighted by atomic mass is 16.7. The van der Waals surface area contributed by atoms with E-state index >= 15 is 0 Å². The molecule has 1 saturated heterocycles. The Hall–Kier alpha value is -2.45. The number of ether oxygens (including phenoxy) is 5. The summed E-state index contributed by atoms with van der Waals surface area (Å²) >= 11 is 0. The van der Waals surface area contributed by atoms with Crippen LogP contribution in [0.3, 0.4) is 0 Å². The lowest BCUT2D eigenvalue weighted by atomic mass is 9.91. The molecule has 1 aliphatic rings. The molecule has 0 radical (unpaired) electrons. The molecule has 1 aromatic rings. The van der Waals surface area contributed by atoms with E-state index in [2.05, 4.69) is 0 Å². The van der Waals surface area contributed by atoms with Crippen molar-refractivity contribution in [2.45, 2.75) is 96.3 Å². The van der Waals surface area contributed by atoms with Crippen LogP contribution < -0.4 is 0 Å². The molecule has 0 bridgehead atoms. The normalized spacial score (nSPS) is 24.6. The number of esters is 2. The lowest BCUT2D eigenvalue weighted by Gasteiger charge is -2.35. The lowest BCUT2D eigenvalue weighted by Crippen LogP contribution is -2.50. The van der Waals surface area contributed by atoms with Crippen LogP contribution in [-0.2, 0) is 33.3 Å². The average molecular weight is 585 g/mol. The Morgan fingerprint density at radius 3 is 2.15 bits per heavy atom. The molecule has 0 aromatic heterocycles. The Morgan fingerprint density at radius 2 is 1.59 bits per heavy atom. The summed E-state index contributed by atoms with van der Waals surface area (Å²) in [5, 5.41) is 39.6. The first-order chi connectivity index (χ1) is 19.1. The first kappa shape index (κ1) is 34.7. The number of hydrogen-bond donors (Lipinski definition) is 4. The van der Waals surface area contributed by atoms with Gasteiger partial charge in [0.1, 0.15) is 36.9 Å². The number of carbonyl (C=O) groups is 3. The quantitative estimate of drug-likeness (QED) is 0.161. The molecule has 1 fully saturated rings. The Morgan fingerprint density at radius 1 is 0.951 bits per heavy atom. The van der Waals surface area contributed by atoms with Crippen LogP contribution in [0.1, 0.15) is 64.7 Å². The minimum atomic E-state index is -1.76. The zero-order valence-electron chi connectivity index (χ0n) is 24.6. The van der Waals surface area contributed by atoms with Gasteiger partial charge in [-0.1, -0.05) is 44.2 Å². The maximum Gasteiger partial charge on any atom is 0.338 e. The molecule has 7 atom stereocenters. The number of aliphatic hydroxyl groups is 4. The monoisotopic (exact) mass is 584 g/mol. The molecule has 0 saturated carbocycles. The smallest absolute Gasteiger partial charge is 0.338 e. The van der Waals surface area contributed by atoms with Crippen molar-refractivity contribution >= 4 is 17.7 Å². The topological polar surface area (TPSA) is 178 Å². The molecule has 1 heterocycles. The largest absolute Gasteiger partial charge is 0.462 e. The molecular formula is C29H44O12. The van der Waals surface area contributed by atoms with Crippen molar-refractivity contribution in [2.75, 3.05) is 26.4 Å². The van der Waals surface area contributed by atoms with E-state index in [4.69, 9.17) is 23.7 Å². The number of ketones is 1. The highest BCUT2D eigenvalue weighted by Gasteiger charge is 2.51. The fraction of sp³-hybridized carbons (Fsp3) is 0.690. The third-order valence-corrected chi connectivity index (χ3v) is 7.43. The van der Waals surface area contributed by atoms with E-state index in [1.54, 1.807) is 37.3 Å². The molecule has 4 unspecified atom stereocenters. The number of hydrogen-bond acceptors (Lipinski definition) is 12. The van der Waals surface area contributed by atoms with Gasteiger partial charge in [-0.05, 0) is 40.5 Å². The van der Waals surface area contributed by atoms with Crippen molar-refractivity contribution in [3.8, 4) is 0 Å². The summed E-state index contributed by atoms with van der Waals surface area (Å²) in [4.78, 5) is 39.2. The minimum absolute atomic E-state index is 0.165. The van der Waals surface area contributed by atoms with Gasteiger partial charge in [-0.3, -0.25) is 9.59 Å². The lowest BCUT2D eigenvalue weighted by molar-refractivity contribution is -0.190. The van der Waals surface area contributed by atoms with Crippen LogP contribution in [0.2, 0.25) is 0 Å². The molecule has 12 heteroatoms. The summed E-state index contributed by atoms with van der Waals surface area (Å²) < 4.78 is 27.7. The van der Waals surface area contributed by atoms with Gasteiger partial charge in [0.25, 0.3) is 0 Å². The molecular weight excluding hydrogens is 540 g/mol. The van der Waals surface area contributed by atoms with Crippen LogP contribution in [0.25, 0.3) is 0 Å². The average Bonchev–Trinajstić information content (AvgIpc) is 3.25. The summed E-state index contributed by atoms with van der Waals surface area (Å²) in [7, 11) is 0. The number of aliphatic hydroxyl groups excluding tert-OH is 4. The fourth-order valence-electron chi connectivity index (χ4n) is 3.72. The van der Waals surface area contributed by atoms with Gasteiger partial charge < -0.3 is 44.1 Å².